The van der Waals surface area contributed by atoms with Gasteiger partial charge in [-0.2, -0.15) is 0 Å². The highest BCUT2D eigenvalue weighted by atomic mass is 79.9. The Morgan fingerprint density at radius 3 is 1.58 bits per heavy atom. The maximum atomic E-state index is 3.62. The first kappa shape index (κ1) is 13.4. The molecule has 0 unspecified atom stereocenters. The monoisotopic (exact) mass is 378 g/mol. The molecule has 0 nitrogen and oxygen atoms in total. The average molecular weight is 380 g/mol. The summed E-state index contributed by atoms with van der Waals surface area (Å²) in [5.41, 5.74) is 5.90. The third-order valence-corrected chi connectivity index (χ3v) is 5.48. The lowest BCUT2D eigenvalue weighted by Crippen LogP contribution is -2.23. The normalized spacial score (nSPS) is 15.2. The van der Waals surface area contributed by atoms with Gasteiger partial charge < -0.3 is 0 Å². The molecule has 0 aromatic heterocycles. The Kier molecular flexibility index (Phi) is 3.34. The molecule has 0 saturated carbocycles. The minimum Gasteiger partial charge on any atom is -0.0642 e. The molecule has 0 spiro atoms. The molecule has 0 radical (unpaired) electrons. The first-order valence-electron chi connectivity index (χ1n) is 6.73. The van der Waals surface area contributed by atoms with Crippen molar-refractivity contribution in [2.45, 2.75) is 32.1 Å². The first-order valence-corrected chi connectivity index (χ1v) is 8.31. The molecule has 19 heavy (non-hydrogen) atoms. The standard InChI is InChI=1S/C17H16Br2/c1-3-17(4-2)15-9-11(18)5-7-13(15)14-8-6-12(19)10-16(14)17/h5-10H,3-4H2,1-2H3. The summed E-state index contributed by atoms with van der Waals surface area (Å²) >= 11 is 7.25. The molecule has 0 heterocycles. The summed E-state index contributed by atoms with van der Waals surface area (Å²) in [6.45, 7) is 4.59. The van der Waals surface area contributed by atoms with Gasteiger partial charge >= 0.3 is 0 Å². The second kappa shape index (κ2) is 4.75. The molecule has 98 valence electrons. The van der Waals surface area contributed by atoms with Crippen molar-refractivity contribution in [3.63, 3.8) is 0 Å². The zero-order valence-corrected chi connectivity index (χ0v) is 14.3. The highest BCUT2D eigenvalue weighted by Crippen LogP contribution is 2.53. The molecular formula is C17H16Br2. The summed E-state index contributed by atoms with van der Waals surface area (Å²) in [5.74, 6) is 0. The number of benzene rings is 2. The Morgan fingerprint density at radius 2 is 1.21 bits per heavy atom. The van der Waals surface area contributed by atoms with Crippen molar-refractivity contribution in [1.29, 1.82) is 0 Å². The van der Waals surface area contributed by atoms with Gasteiger partial charge in [0.25, 0.3) is 0 Å². The summed E-state index contributed by atoms with van der Waals surface area (Å²) in [6.07, 6.45) is 2.27. The van der Waals surface area contributed by atoms with Crippen LogP contribution >= 0.6 is 31.9 Å². The van der Waals surface area contributed by atoms with Crippen LogP contribution in [0.1, 0.15) is 37.8 Å². The second-order valence-electron chi connectivity index (χ2n) is 5.17. The van der Waals surface area contributed by atoms with E-state index in [1.54, 1.807) is 0 Å². The fourth-order valence-corrected chi connectivity index (χ4v) is 4.17. The average Bonchev–Trinajstić information content (AvgIpc) is 2.67. The summed E-state index contributed by atoms with van der Waals surface area (Å²) in [7, 11) is 0. The number of hydrogen-bond donors (Lipinski definition) is 0. The molecule has 2 aromatic rings. The van der Waals surface area contributed by atoms with Crippen molar-refractivity contribution >= 4 is 31.9 Å². The van der Waals surface area contributed by atoms with Gasteiger partial charge in [0.1, 0.15) is 0 Å². The molecule has 1 aliphatic carbocycles. The van der Waals surface area contributed by atoms with Crippen LogP contribution in [-0.4, -0.2) is 0 Å². The van der Waals surface area contributed by atoms with Gasteiger partial charge in [0, 0.05) is 14.4 Å². The van der Waals surface area contributed by atoms with Crippen LogP contribution in [0.25, 0.3) is 11.1 Å². The molecular weight excluding hydrogens is 364 g/mol. The van der Waals surface area contributed by atoms with E-state index in [0.29, 0.717) is 0 Å². The molecule has 0 bridgehead atoms. The van der Waals surface area contributed by atoms with Crippen LogP contribution in [0.3, 0.4) is 0 Å². The smallest absolute Gasteiger partial charge is 0.0210 e. The minimum absolute atomic E-state index is 0.165. The van der Waals surface area contributed by atoms with Gasteiger partial charge in [-0.05, 0) is 59.4 Å². The van der Waals surface area contributed by atoms with E-state index in [2.05, 4.69) is 82.1 Å². The van der Waals surface area contributed by atoms with Crippen LogP contribution in [0.2, 0.25) is 0 Å². The predicted octanol–water partition coefficient (Wildman–Crippen LogP) is 6.30. The largest absolute Gasteiger partial charge is 0.0642 e. The number of hydrogen-bond acceptors (Lipinski definition) is 0. The number of fused-ring (bicyclic) bond motifs is 3. The van der Waals surface area contributed by atoms with Crippen LogP contribution in [0.5, 0.6) is 0 Å². The predicted molar refractivity (Wildman–Crippen MR) is 88.6 cm³/mol. The molecule has 2 aromatic carbocycles. The fraction of sp³-hybridized carbons (Fsp3) is 0.294. The van der Waals surface area contributed by atoms with Crippen LogP contribution in [0.15, 0.2) is 45.3 Å². The molecule has 2 heteroatoms. The Hall–Kier alpha value is -0.600. The Bertz CT molecular complexity index is 586. The van der Waals surface area contributed by atoms with E-state index in [1.807, 2.05) is 0 Å². The number of rotatable bonds is 2. The highest BCUT2D eigenvalue weighted by molar-refractivity contribution is 9.10. The van der Waals surface area contributed by atoms with E-state index >= 15 is 0 Å². The van der Waals surface area contributed by atoms with Gasteiger partial charge in [-0.15, -0.1) is 0 Å². The van der Waals surface area contributed by atoms with Crippen molar-refractivity contribution < 1.29 is 0 Å². The lowest BCUT2D eigenvalue weighted by molar-refractivity contribution is 0.490. The lowest BCUT2D eigenvalue weighted by atomic mass is 9.74. The van der Waals surface area contributed by atoms with Crippen LogP contribution in [0.4, 0.5) is 0 Å². The van der Waals surface area contributed by atoms with Crippen molar-refractivity contribution in [2.24, 2.45) is 0 Å². The molecule has 0 amide bonds. The fourth-order valence-electron chi connectivity index (χ4n) is 3.45. The lowest BCUT2D eigenvalue weighted by Gasteiger charge is -2.29. The van der Waals surface area contributed by atoms with Gasteiger partial charge in [-0.3, -0.25) is 0 Å². The first-order chi connectivity index (χ1) is 9.12. The quantitative estimate of drug-likeness (QED) is 0.574. The van der Waals surface area contributed by atoms with E-state index in [0.717, 1.165) is 12.8 Å². The van der Waals surface area contributed by atoms with Crippen molar-refractivity contribution in [3.05, 3.63) is 56.5 Å². The van der Waals surface area contributed by atoms with Gasteiger partial charge in [0.2, 0.25) is 0 Å². The molecule has 0 saturated heterocycles. The van der Waals surface area contributed by atoms with Crippen molar-refractivity contribution in [3.8, 4) is 11.1 Å². The van der Waals surface area contributed by atoms with E-state index in [-0.39, 0.29) is 5.41 Å². The molecule has 0 N–H and O–H groups in total. The van der Waals surface area contributed by atoms with Crippen LogP contribution in [-0.2, 0) is 5.41 Å². The summed E-state index contributed by atoms with van der Waals surface area (Å²) in [6, 6.07) is 13.4. The zero-order valence-electron chi connectivity index (χ0n) is 11.1. The molecule has 1 aliphatic rings. The maximum absolute atomic E-state index is 3.62. The van der Waals surface area contributed by atoms with Gasteiger partial charge in [-0.1, -0.05) is 57.8 Å². The molecule has 0 aliphatic heterocycles. The Morgan fingerprint density at radius 1 is 0.789 bits per heavy atom. The molecule has 0 fully saturated rings. The number of halogens is 2. The van der Waals surface area contributed by atoms with Crippen molar-refractivity contribution in [2.75, 3.05) is 0 Å². The second-order valence-corrected chi connectivity index (χ2v) is 7.00. The summed E-state index contributed by atoms with van der Waals surface area (Å²) < 4.78 is 2.34. The third kappa shape index (κ3) is 1.84. The van der Waals surface area contributed by atoms with Crippen LogP contribution < -0.4 is 0 Å². The zero-order chi connectivity index (χ0) is 13.6. The van der Waals surface area contributed by atoms with Gasteiger partial charge in [0.05, 0.1) is 0 Å². The van der Waals surface area contributed by atoms with Gasteiger partial charge in [-0.25, -0.2) is 0 Å². The van der Waals surface area contributed by atoms with Crippen molar-refractivity contribution in [1.82, 2.24) is 0 Å². The van der Waals surface area contributed by atoms with Crippen LogP contribution in [0, 0.1) is 0 Å². The highest BCUT2D eigenvalue weighted by Gasteiger charge is 2.40. The SMILES string of the molecule is CCC1(CC)c2cc(Br)ccc2-c2ccc(Br)cc21. The molecule has 0 atom stereocenters. The Labute approximate surface area is 131 Å². The van der Waals surface area contributed by atoms with Gasteiger partial charge in [0.15, 0.2) is 0 Å². The maximum Gasteiger partial charge on any atom is 0.0210 e. The van der Waals surface area contributed by atoms with E-state index in [4.69, 9.17) is 0 Å². The van der Waals surface area contributed by atoms with E-state index in [9.17, 15) is 0 Å². The minimum atomic E-state index is 0.165. The van der Waals surface area contributed by atoms with E-state index < -0.39 is 0 Å². The topological polar surface area (TPSA) is 0 Å². The summed E-state index contributed by atoms with van der Waals surface area (Å²) in [5, 5.41) is 0. The third-order valence-electron chi connectivity index (χ3n) is 4.49. The van der Waals surface area contributed by atoms with E-state index in [1.165, 1.54) is 31.2 Å². The summed E-state index contributed by atoms with van der Waals surface area (Å²) in [4.78, 5) is 0. The molecule has 3 rings (SSSR count). The Balaban J connectivity index is 2.38.